The summed E-state index contributed by atoms with van der Waals surface area (Å²) in [5.41, 5.74) is 0.670. The van der Waals surface area contributed by atoms with Crippen LogP contribution in [0.2, 0.25) is 10.0 Å². The summed E-state index contributed by atoms with van der Waals surface area (Å²) in [6.07, 6.45) is 4.82. The van der Waals surface area contributed by atoms with Gasteiger partial charge >= 0.3 is 5.97 Å². The lowest BCUT2D eigenvalue weighted by molar-refractivity contribution is -0.141. The average Bonchev–Trinajstić information content (AvgIpc) is 2.39. The summed E-state index contributed by atoms with van der Waals surface area (Å²) in [5, 5.41) is 12.4. The number of unbranched alkanes of at least 4 members (excludes halogenated alkanes) is 1. The molecule has 1 atom stereocenters. The maximum absolute atomic E-state index is 11.7. The summed E-state index contributed by atoms with van der Waals surface area (Å²) < 4.78 is 0. The third kappa shape index (κ3) is 6.65. The summed E-state index contributed by atoms with van der Waals surface area (Å²) in [7, 11) is 0. The molecule has 0 heterocycles. The SMILES string of the molecule is CCCCC(NC(=O)/C=C/c1cc(Cl)cc(Cl)c1)C(=O)O. The predicted octanol–water partition coefficient (Wildman–Crippen LogP) is 3.77. The zero-order valence-corrected chi connectivity index (χ0v) is 13.1. The molecule has 0 saturated heterocycles. The number of hydrogen-bond donors (Lipinski definition) is 2. The van der Waals surface area contributed by atoms with Crippen molar-refractivity contribution in [2.24, 2.45) is 0 Å². The Morgan fingerprint density at radius 1 is 1.29 bits per heavy atom. The number of carbonyl (C=O) groups is 2. The van der Waals surface area contributed by atoms with Crippen LogP contribution < -0.4 is 5.32 Å². The van der Waals surface area contributed by atoms with Crippen molar-refractivity contribution in [2.75, 3.05) is 0 Å². The molecule has 0 radical (unpaired) electrons. The molecular weight excluding hydrogens is 313 g/mol. The van der Waals surface area contributed by atoms with Crippen LogP contribution in [-0.2, 0) is 9.59 Å². The number of hydrogen-bond acceptors (Lipinski definition) is 2. The van der Waals surface area contributed by atoms with Crippen LogP contribution in [0, 0.1) is 0 Å². The van der Waals surface area contributed by atoms with E-state index in [0.29, 0.717) is 22.0 Å². The van der Waals surface area contributed by atoms with E-state index in [1.54, 1.807) is 18.2 Å². The van der Waals surface area contributed by atoms with Gasteiger partial charge in [-0.2, -0.15) is 0 Å². The van der Waals surface area contributed by atoms with Gasteiger partial charge in [-0.05, 0) is 36.3 Å². The number of nitrogens with one attached hydrogen (secondary N) is 1. The number of carboxylic acid groups (broad SMARTS) is 1. The Morgan fingerprint density at radius 3 is 2.43 bits per heavy atom. The van der Waals surface area contributed by atoms with E-state index in [2.05, 4.69) is 5.32 Å². The van der Waals surface area contributed by atoms with Gasteiger partial charge in [-0.3, -0.25) is 4.79 Å². The van der Waals surface area contributed by atoms with Crippen molar-refractivity contribution in [1.82, 2.24) is 5.32 Å². The lowest BCUT2D eigenvalue weighted by Gasteiger charge is -2.12. The molecular formula is C15H17Cl2NO3. The van der Waals surface area contributed by atoms with Gasteiger partial charge in [-0.1, -0.05) is 43.0 Å². The zero-order valence-electron chi connectivity index (χ0n) is 11.6. The second-order valence-electron chi connectivity index (χ2n) is 4.58. The Morgan fingerprint density at radius 2 is 1.90 bits per heavy atom. The van der Waals surface area contributed by atoms with Crippen molar-refractivity contribution < 1.29 is 14.7 Å². The monoisotopic (exact) mass is 329 g/mol. The highest BCUT2D eigenvalue weighted by Gasteiger charge is 2.17. The largest absolute Gasteiger partial charge is 0.480 e. The molecule has 1 unspecified atom stereocenters. The van der Waals surface area contributed by atoms with E-state index in [4.69, 9.17) is 28.3 Å². The molecule has 114 valence electrons. The van der Waals surface area contributed by atoms with Gasteiger partial charge in [0.1, 0.15) is 6.04 Å². The summed E-state index contributed by atoms with van der Waals surface area (Å²) in [6, 6.07) is 4.03. The molecule has 0 spiro atoms. The molecule has 4 nitrogen and oxygen atoms in total. The predicted molar refractivity (Wildman–Crippen MR) is 84.6 cm³/mol. The van der Waals surface area contributed by atoms with E-state index in [0.717, 1.165) is 12.8 Å². The van der Waals surface area contributed by atoms with Crippen LogP contribution in [0.25, 0.3) is 6.08 Å². The minimum Gasteiger partial charge on any atom is -0.480 e. The van der Waals surface area contributed by atoms with Crippen molar-refractivity contribution in [2.45, 2.75) is 32.2 Å². The molecule has 2 N–H and O–H groups in total. The number of halogens is 2. The second-order valence-corrected chi connectivity index (χ2v) is 5.45. The Balaban J connectivity index is 2.66. The van der Waals surface area contributed by atoms with E-state index >= 15 is 0 Å². The van der Waals surface area contributed by atoms with Crippen LogP contribution in [0.1, 0.15) is 31.7 Å². The molecule has 0 bridgehead atoms. The van der Waals surface area contributed by atoms with Gasteiger partial charge < -0.3 is 10.4 Å². The van der Waals surface area contributed by atoms with Gasteiger partial charge in [0.25, 0.3) is 0 Å². The molecule has 0 fully saturated rings. The molecule has 0 aromatic heterocycles. The zero-order chi connectivity index (χ0) is 15.8. The Kier molecular flexibility index (Phi) is 7.26. The first-order chi connectivity index (χ1) is 9.92. The number of aliphatic carboxylic acids is 1. The molecule has 21 heavy (non-hydrogen) atoms. The minimum atomic E-state index is -1.03. The van der Waals surface area contributed by atoms with Crippen LogP contribution in [0.3, 0.4) is 0 Å². The fraction of sp³-hybridized carbons (Fsp3) is 0.333. The number of amides is 1. The molecule has 1 rings (SSSR count). The van der Waals surface area contributed by atoms with Crippen molar-refractivity contribution in [3.8, 4) is 0 Å². The van der Waals surface area contributed by atoms with E-state index in [9.17, 15) is 9.59 Å². The molecule has 1 aromatic carbocycles. The maximum atomic E-state index is 11.7. The van der Waals surface area contributed by atoms with Crippen LogP contribution in [0.15, 0.2) is 24.3 Å². The highest BCUT2D eigenvalue weighted by molar-refractivity contribution is 6.34. The maximum Gasteiger partial charge on any atom is 0.326 e. The van der Waals surface area contributed by atoms with Crippen molar-refractivity contribution in [3.63, 3.8) is 0 Å². The Bertz CT molecular complexity index is 523. The van der Waals surface area contributed by atoms with Crippen LogP contribution in [0.5, 0.6) is 0 Å². The van der Waals surface area contributed by atoms with E-state index in [1.807, 2.05) is 6.92 Å². The molecule has 0 aliphatic heterocycles. The van der Waals surface area contributed by atoms with E-state index < -0.39 is 17.9 Å². The van der Waals surface area contributed by atoms with Gasteiger partial charge in [0.05, 0.1) is 0 Å². The lowest BCUT2D eigenvalue weighted by atomic mass is 10.1. The average molecular weight is 330 g/mol. The highest BCUT2D eigenvalue weighted by atomic mass is 35.5. The van der Waals surface area contributed by atoms with Crippen LogP contribution in [-0.4, -0.2) is 23.0 Å². The minimum absolute atomic E-state index is 0.411. The number of carboxylic acids is 1. The van der Waals surface area contributed by atoms with Gasteiger partial charge in [-0.15, -0.1) is 0 Å². The quantitative estimate of drug-likeness (QED) is 0.748. The summed E-state index contributed by atoms with van der Waals surface area (Å²) >= 11 is 11.7. The van der Waals surface area contributed by atoms with Gasteiger partial charge in [0, 0.05) is 16.1 Å². The standard InChI is InChI=1S/C15H17Cl2NO3/c1-2-3-4-13(15(20)21)18-14(19)6-5-10-7-11(16)9-12(17)8-10/h5-9,13H,2-4H2,1H3,(H,18,19)(H,20,21)/b6-5+. The number of carbonyl (C=O) groups excluding carboxylic acids is 1. The molecule has 1 amide bonds. The van der Waals surface area contributed by atoms with Crippen molar-refractivity contribution in [1.29, 1.82) is 0 Å². The van der Waals surface area contributed by atoms with Gasteiger partial charge in [0.2, 0.25) is 5.91 Å². The lowest BCUT2D eigenvalue weighted by Crippen LogP contribution is -2.39. The van der Waals surface area contributed by atoms with Gasteiger partial charge in [0.15, 0.2) is 0 Å². The fourth-order valence-electron chi connectivity index (χ4n) is 1.73. The highest BCUT2D eigenvalue weighted by Crippen LogP contribution is 2.19. The van der Waals surface area contributed by atoms with Crippen LogP contribution in [0.4, 0.5) is 0 Å². The smallest absolute Gasteiger partial charge is 0.326 e. The van der Waals surface area contributed by atoms with Crippen molar-refractivity contribution >= 4 is 41.2 Å². The van der Waals surface area contributed by atoms with E-state index in [1.165, 1.54) is 12.2 Å². The first kappa shape index (κ1) is 17.5. The first-order valence-corrected chi connectivity index (χ1v) is 7.35. The topological polar surface area (TPSA) is 66.4 Å². The fourth-order valence-corrected chi connectivity index (χ4v) is 2.27. The molecule has 1 aromatic rings. The normalized spacial score (nSPS) is 12.3. The third-order valence-electron chi connectivity index (χ3n) is 2.77. The molecule has 0 saturated carbocycles. The first-order valence-electron chi connectivity index (χ1n) is 6.60. The molecule has 6 heteroatoms. The van der Waals surface area contributed by atoms with E-state index in [-0.39, 0.29) is 0 Å². The number of benzene rings is 1. The van der Waals surface area contributed by atoms with Crippen LogP contribution >= 0.6 is 23.2 Å². The third-order valence-corrected chi connectivity index (χ3v) is 3.21. The Labute approximate surface area is 133 Å². The Hall–Kier alpha value is -1.52. The van der Waals surface area contributed by atoms with Gasteiger partial charge in [-0.25, -0.2) is 4.79 Å². The second kappa shape index (κ2) is 8.70. The summed E-state index contributed by atoms with van der Waals surface area (Å²) in [6.45, 7) is 1.96. The molecule has 0 aliphatic carbocycles. The molecule has 0 aliphatic rings. The van der Waals surface area contributed by atoms with Crippen molar-refractivity contribution in [3.05, 3.63) is 39.9 Å². The summed E-state index contributed by atoms with van der Waals surface area (Å²) in [4.78, 5) is 22.8. The summed E-state index contributed by atoms with van der Waals surface area (Å²) in [5.74, 6) is -1.49. The number of rotatable bonds is 7.